The molecule has 1 saturated heterocycles. The van der Waals surface area contributed by atoms with Crippen LogP contribution in [0.25, 0.3) is 0 Å². The van der Waals surface area contributed by atoms with Crippen LogP contribution in [0.4, 0.5) is 0 Å². The smallest absolute Gasteiger partial charge is 0.156 e. The molecule has 106 valence electrons. The molecule has 18 heavy (non-hydrogen) atoms. The third kappa shape index (κ3) is 6.93. The largest absolute Gasteiger partial charge is 0.362 e. The molecule has 2 nitrogen and oxygen atoms in total. The Kier molecular flexibility index (Phi) is 9.03. The van der Waals surface area contributed by atoms with E-state index in [0.717, 1.165) is 6.54 Å². The number of nitrogens with zero attached hydrogens (tertiary/aromatic N) is 1. The Balaban J connectivity index is 2.10. The molecular weight excluding hydrogens is 260 g/mol. The van der Waals surface area contributed by atoms with Gasteiger partial charge in [0.1, 0.15) is 0 Å². The molecule has 1 fully saturated rings. The average molecular weight is 289 g/mol. The van der Waals surface area contributed by atoms with Crippen LogP contribution in [0.3, 0.4) is 0 Å². The maximum absolute atomic E-state index is 4.70. The van der Waals surface area contributed by atoms with E-state index in [1.807, 2.05) is 23.5 Å². The Morgan fingerprint density at radius 3 is 2.83 bits per heavy atom. The van der Waals surface area contributed by atoms with Crippen LogP contribution in [0.15, 0.2) is 4.99 Å². The lowest BCUT2D eigenvalue weighted by Gasteiger charge is -2.28. The summed E-state index contributed by atoms with van der Waals surface area (Å²) >= 11 is 3.84. The van der Waals surface area contributed by atoms with E-state index >= 15 is 0 Å². The zero-order valence-corrected chi connectivity index (χ0v) is 13.7. The summed E-state index contributed by atoms with van der Waals surface area (Å²) < 4.78 is 0. The molecule has 1 aliphatic heterocycles. The molecule has 0 radical (unpaired) electrons. The lowest BCUT2D eigenvalue weighted by molar-refractivity contribution is 0.442. The summed E-state index contributed by atoms with van der Waals surface area (Å²) in [6.45, 7) is 5.58. The zero-order chi connectivity index (χ0) is 13.2. The Morgan fingerprint density at radius 2 is 2.11 bits per heavy atom. The molecule has 0 aromatic heterocycles. The van der Waals surface area contributed by atoms with Gasteiger partial charge in [0, 0.05) is 18.3 Å². The van der Waals surface area contributed by atoms with Gasteiger partial charge in [0.05, 0.1) is 0 Å². The second-order valence-electron chi connectivity index (χ2n) is 5.23. The summed E-state index contributed by atoms with van der Waals surface area (Å²) in [6.07, 6.45) is 8.75. The number of unbranched alkanes of at least 4 members (excludes halogenated alkanes) is 3. The van der Waals surface area contributed by atoms with Crippen LogP contribution in [0, 0.1) is 5.92 Å². The highest BCUT2D eigenvalue weighted by molar-refractivity contribution is 8.13. The topological polar surface area (TPSA) is 24.4 Å². The first-order valence-electron chi connectivity index (χ1n) is 7.16. The van der Waals surface area contributed by atoms with Gasteiger partial charge in [0.25, 0.3) is 0 Å². The first-order chi connectivity index (χ1) is 8.74. The van der Waals surface area contributed by atoms with Gasteiger partial charge >= 0.3 is 0 Å². The van der Waals surface area contributed by atoms with Crippen molar-refractivity contribution in [2.45, 2.75) is 52.0 Å². The van der Waals surface area contributed by atoms with Gasteiger partial charge < -0.3 is 5.32 Å². The summed E-state index contributed by atoms with van der Waals surface area (Å²) in [7, 11) is 0. The number of amidine groups is 1. The maximum atomic E-state index is 4.70. The van der Waals surface area contributed by atoms with Gasteiger partial charge in [0.2, 0.25) is 0 Å². The fourth-order valence-electron chi connectivity index (χ4n) is 2.04. The highest BCUT2D eigenvalue weighted by atomic mass is 32.2. The molecule has 0 aromatic rings. The van der Waals surface area contributed by atoms with Crippen molar-refractivity contribution in [3.63, 3.8) is 0 Å². The number of nitrogens with one attached hydrogen (secondary N) is 1. The molecule has 0 aromatic carbocycles. The summed E-state index contributed by atoms with van der Waals surface area (Å²) in [6, 6.07) is 0.631. The zero-order valence-electron chi connectivity index (χ0n) is 12.1. The quantitative estimate of drug-likeness (QED) is 0.683. The van der Waals surface area contributed by atoms with Gasteiger partial charge in [-0.2, -0.15) is 11.8 Å². The highest BCUT2D eigenvalue weighted by Crippen LogP contribution is 2.18. The van der Waals surface area contributed by atoms with Crippen LogP contribution in [0.1, 0.15) is 46.0 Å². The van der Waals surface area contributed by atoms with E-state index in [0.29, 0.717) is 12.0 Å². The molecule has 1 aliphatic rings. The lowest BCUT2D eigenvalue weighted by atomic mass is 10.0. The van der Waals surface area contributed by atoms with Crippen molar-refractivity contribution in [3.8, 4) is 0 Å². The van der Waals surface area contributed by atoms with Gasteiger partial charge in [-0.05, 0) is 37.2 Å². The lowest BCUT2D eigenvalue weighted by Crippen LogP contribution is -2.41. The number of rotatable bonds is 8. The van der Waals surface area contributed by atoms with E-state index < -0.39 is 0 Å². The first kappa shape index (κ1) is 16.2. The first-order valence-corrected chi connectivity index (χ1v) is 9.54. The molecule has 1 N–H and O–H groups in total. The van der Waals surface area contributed by atoms with E-state index in [-0.39, 0.29) is 0 Å². The van der Waals surface area contributed by atoms with Crippen LogP contribution < -0.4 is 5.32 Å². The number of aliphatic imine (C=N–C) groups is 1. The molecule has 1 rings (SSSR count). The van der Waals surface area contributed by atoms with Gasteiger partial charge in [-0.3, -0.25) is 4.99 Å². The molecule has 1 unspecified atom stereocenters. The van der Waals surface area contributed by atoms with E-state index in [2.05, 4.69) is 25.4 Å². The predicted molar refractivity (Wildman–Crippen MR) is 88.0 cm³/mol. The van der Waals surface area contributed by atoms with Crippen molar-refractivity contribution < 1.29 is 0 Å². The normalized spacial score (nSPS) is 22.4. The molecule has 0 amide bonds. The highest BCUT2D eigenvalue weighted by Gasteiger charge is 2.19. The SMILES string of the molecule is CSCCCCCCN=C1NC(C(C)C)CCS1. The van der Waals surface area contributed by atoms with E-state index in [1.54, 1.807) is 0 Å². The Hall–Kier alpha value is 0.170. The van der Waals surface area contributed by atoms with Gasteiger partial charge in [-0.15, -0.1) is 0 Å². The van der Waals surface area contributed by atoms with Crippen molar-refractivity contribution in [1.82, 2.24) is 5.32 Å². The van der Waals surface area contributed by atoms with Gasteiger partial charge in [-0.1, -0.05) is 38.5 Å². The Labute approximate surface area is 121 Å². The number of hydrogen-bond acceptors (Lipinski definition) is 3. The van der Waals surface area contributed by atoms with Crippen LogP contribution in [0.2, 0.25) is 0 Å². The number of thioether (sulfide) groups is 2. The predicted octanol–water partition coefficient (Wildman–Crippen LogP) is 4.02. The van der Waals surface area contributed by atoms with Gasteiger partial charge in [-0.25, -0.2) is 0 Å². The minimum Gasteiger partial charge on any atom is -0.362 e. The molecule has 4 heteroatoms. The minimum absolute atomic E-state index is 0.631. The van der Waals surface area contributed by atoms with Crippen LogP contribution in [-0.4, -0.2) is 35.5 Å². The molecule has 0 spiro atoms. The van der Waals surface area contributed by atoms with Crippen LogP contribution in [0.5, 0.6) is 0 Å². The van der Waals surface area contributed by atoms with E-state index in [9.17, 15) is 0 Å². The summed E-state index contributed by atoms with van der Waals surface area (Å²) in [5.41, 5.74) is 0. The van der Waals surface area contributed by atoms with Crippen molar-refractivity contribution >= 4 is 28.7 Å². The van der Waals surface area contributed by atoms with Crippen LogP contribution >= 0.6 is 23.5 Å². The van der Waals surface area contributed by atoms with E-state index in [4.69, 9.17) is 4.99 Å². The summed E-state index contributed by atoms with van der Waals surface area (Å²) in [4.78, 5) is 4.70. The second kappa shape index (κ2) is 10.0. The molecule has 0 aliphatic carbocycles. The Morgan fingerprint density at radius 1 is 1.33 bits per heavy atom. The monoisotopic (exact) mass is 288 g/mol. The minimum atomic E-state index is 0.631. The third-order valence-electron chi connectivity index (χ3n) is 3.29. The number of hydrogen-bond donors (Lipinski definition) is 1. The van der Waals surface area contributed by atoms with Crippen LogP contribution in [-0.2, 0) is 0 Å². The Bertz CT molecular complexity index is 242. The maximum Gasteiger partial charge on any atom is 0.156 e. The van der Waals surface area contributed by atoms with Crippen molar-refractivity contribution in [2.75, 3.05) is 24.3 Å². The molecule has 0 saturated carbocycles. The van der Waals surface area contributed by atoms with Gasteiger partial charge in [0.15, 0.2) is 5.17 Å². The standard InChI is InChI=1S/C14H28N2S2/c1-12(2)13-8-11-18-14(16-13)15-9-6-4-5-7-10-17-3/h12-13H,4-11H2,1-3H3,(H,15,16). The summed E-state index contributed by atoms with van der Waals surface area (Å²) in [5, 5.41) is 4.76. The van der Waals surface area contributed by atoms with Crippen molar-refractivity contribution in [3.05, 3.63) is 0 Å². The average Bonchev–Trinajstić information content (AvgIpc) is 2.38. The van der Waals surface area contributed by atoms with E-state index in [1.165, 1.54) is 48.8 Å². The fraction of sp³-hybridized carbons (Fsp3) is 0.929. The third-order valence-corrected chi connectivity index (χ3v) is 4.95. The molecule has 1 atom stereocenters. The fourth-order valence-corrected chi connectivity index (χ4v) is 3.51. The second-order valence-corrected chi connectivity index (χ2v) is 7.30. The summed E-state index contributed by atoms with van der Waals surface area (Å²) in [5.74, 6) is 3.24. The molecule has 0 bridgehead atoms. The van der Waals surface area contributed by atoms with Crippen molar-refractivity contribution in [2.24, 2.45) is 10.9 Å². The van der Waals surface area contributed by atoms with Crippen molar-refractivity contribution in [1.29, 1.82) is 0 Å². The molecule has 1 heterocycles. The molecular formula is C14H28N2S2.